The van der Waals surface area contributed by atoms with Gasteiger partial charge in [0, 0.05) is 6.07 Å². The fraction of sp³-hybridized carbons (Fsp3) is 0.158. The Kier molecular flexibility index (Phi) is 6.45. The molecule has 0 atom stereocenters. The van der Waals surface area contributed by atoms with E-state index in [1.54, 1.807) is 36.4 Å². The Labute approximate surface area is 181 Å². The van der Waals surface area contributed by atoms with Crippen molar-refractivity contribution in [3.8, 4) is 11.5 Å². The average molecular weight is 459 g/mol. The minimum atomic E-state index is -0.410. The number of ether oxygens (including phenoxy) is 2. The topological polar surface area (TPSA) is 55.8 Å². The van der Waals surface area contributed by atoms with Crippen LogP contribution in [0.2, 0.25) is 15.1 Å². The maximum Gasteiger partial charge on any atom is 0.293 e. The molecule has 28 heavy (non-hydrogen) atoms. The summed E-state index contributed by atoms with van der Waals surface area (Å²) in [6, 6.07) is 8.20. The van der Waals surface area contributed by atoms with Gasteiger partial charge in [0.05, 0.1) is 40.7 Å². The quantitative estimate of drug-likeness (QED) is 0.522. The lowest BCUT2D eigenvalue weighted by Crippen LogP contribution is -2.27. The van der Waals surface area contributed by atoms with E-state index in [0.29, 0.717) is 37.7 Å². The van der Waals surface area contributed by atoms with Gasteiger partial charge in [0.15, 0.2) is 11.5 Å². The molecule has 0 unspecified atom stereocenters. The fourth-order valence-electron chi connectivity index (χ4n) is 2.58. The Morgan fingerprint density at radius 3 is 2.29 bits per heavy atom. The number of hydrogen-bond donors (Lipinski definition) is 0. The average Bonchev–Trinajstić information content (AvgIpc) is 2.93. The van der Waals surface area contributed by atoms with E-state index in [2.05, 4.69) is 0 Å². The second-order valence-corrected chi connectivity index (χ2v) is 7.96. The van der Waals surface area contributed by atoms with Crippen molar-refractivity contribution in [2.45, 2.75) is 6.54 Å². The van der Waals surface area contributed by atoms with Gasteiger partial charge in [-0.15, -0.1) is 0 Å². The maximum absolute atomic E-state index is 12.7. The molecule has 0 saturated carbocycles. The van der Waals surface area contributed by atoms with Crippen LogP contribution in [-0.2, 0) is 11.3 Å². The Hall–Kier alpha value is -1.86. The van der Waals surface area contributed by atoms with Gasteiger partial charge in [0.2, 0.25) is 0 Å². The molecule has 1 saturated heterocycles. The number of benzene rings is 2. The summed E-state index contributed by atoms with van der Waals surface area (Å²) in [5.41, 5.74) is 1.24. The first-order valence-corrected chi connectivity index (χ1v) is 9.90. The van der Waals surface area contributed by atoms with Crippen LogP contribution in [0, 0.1) is 0 Å². The van der Waals surface area contributed by atoms with E-state index in [0.717, 1.165) is 16.7 Å². The number of amides is 2. The van der Waals surface area contributed by atoms with Crippen LogP contribution in [0.1, 0.15) is 11.1 Å². The van der Waals surface area contributed by atoms with Crippen LogP contribution >= 0.6 is 46.6 Å². The van der Waals surface area contributed by atoms with Crippen molar-refractivity contribution >= 4 is 63.8 Å². The summed E-state index contributed by atoms with van der Waals surface area (Å²) in [6.07, 6.45) is 1.56. The van der Waals surface area contributed by atoms with Crippen LogP contribution in [0.15, 0.2) is 35.2 Å². The molecule has 0 spiro atoms. The lowest BCUT2D eigenvalue weighted by Gasteiger charge is -2.13. The van der Waals surface area contributed by atoms with Crippen molar-refractivity contribution in [2.75, 3.05) is 14.2 Å². The molecular formula is C19H14Cl3NO4S. The number of hydrogen-bond acceptors (Lipinski definition) is 5. The molecule has 2 aromatic rings. The summed E-state index contributed by atoms with van der Waals surface area (Å²) in [6.45, 7) is 0.0958. The highest BCUT2D eigenvalue weighted by molar-refractivity contribution is 8.18. The SMILES string of the molecule is COc1cc(Cl)c(/C=C2\SC(=O)N(Cc3ccc(Cl)c(Cl)c3)C2=O)cc1OC. The van der Waals surface area contributed by atoms with E-state index < -0.39 is 5.91 Å². The van der Waals surface area contributed by atoms with E-state index in [4.69, 9.17) is 44.3 Å². The molecule has 2 aromatic carbocycles. The molecule has 0 aromatic heterocycles. The number of carbonyl (C=O) groups is 2. The Balaban J connectivity index is 1.88. The zero-order valence-electron chi connectivity index (χ0n) is 14.8. The second kappa shape index (κ2) is 8.66. The number of carbonyl (C=O) groups excluding carboxylic acids is 2. The lowest BCUT2D eigenvalue weighted by atomic mass is 10.1. The second-order valence-electron chi connectivity index (χ2n) is 5.75. The smallest absolute Gasteiger partial charge is 0.293 e. The van der Waals surface area contributed by atoms with E-state index in [9.17, 15) is 9.59 Å². The lowest BCUT2D eigenvalue weighted by molar-refractivity contribution is -0.123. The molecule has 0 bridgehead atoms. The summed E-state index contributed by atoms with van der Waals surface area (Å²) < 4.78 is 10.5. The first kappa shape index (κ1) is 20.9. The third-order valence-corrected chi connectivity index (χ3v) is 5.96. The fourth-order valence-corrected chi connectivity index (χ4v) is 3.94. The van der Waals surface area contributed by atoms with Gasteiger partial charge >= 0.3 is 0 Å². The van der Waals surface area contributed by atoms with Gasteiger partial charge in [0.1, 0.15) is 0 Å². The van der Waals surface area contributed by atoms with Crippen LogP contribution in [0.3, 0.4) is 0 Å². The zero-order chi connectivity index (χ0) is 20.4. The number of thioether (sulfide) groups is 1. The predicted octanol–water partition coefficient (Wildman–Crippen LogP) is 5.90. The van der Waals surface area contributed by atoms with Crippen molar-refractivity contribution < 1.29 is 19.1 Å². The van der Waals surface area contributed by atoms with E-state index >= 15 is 0 Å². The highest BCUT2D eigenvalue weighted by atomic mass is 35.5. The largest absolute Gasteiger partial charge is 0.493 e. The number of halogens is 3. The first-order valence-electron chi connectivity index (χ1n) is 7.95. The summed E-state index contributed by atoms with van der Waals surface area (Å²) in [5, 5.41) is 0.759. The van der Waals surface area contributed by atoms with Crippen molar-refractivity contribution in [1.82, 2.24) is 4.90 Å². The Morgan fingerprint density at radius 2 is 1.64 bits per heavy atom. The summed E-state index contributed by atoms with van der Waals surface area (Å²) in [4.78, 5) is 26.5. The molecule has 9 heteroatoms. The number of rotatable bonds is 5. The van der Waals surface area contributed by atoms with E-state index in [1.165, 1.54) is 14.2 Å². The zero-order valence-corrected chi connectivity index (χ0v) is 17.9. The van der Waals surface area contributed by atoms with Gasteiger partial charge in [0.25, 0.3) is 11.1 Å². The minimum Gasteiger partial charge on any atom is -0.493 e. The highest BCUT2D eigenvalue weighted by Gasteiger charge is 2.35. The van der Waals surface area contributed by atoms with Crippen LogP contribution in [-0.4, -0.2) is 30.3 Å². The Morgan fingerprint density at radius 1 is 0.964 bits per heavy atom. The highest BCUT2D eigenvalue weighted by Crippen LogP contribution is 2.38. The van der Waals surface area contributed by atoms with Gasteiger partial charge in [-0.1, -0.05) is 40.9 Å². The molecule has 1 heterocycles. The number of imide groups is 1. The molecule has 0 N–H and O–H groups in total. The first-order chi connectivity index (χ1) is 13.3. The standard InChI is InChI=1S/C19H14Cl3NO4S/c1-26-15-6-11(13(21)8-16(15)27-2)7-17-18(24)23(19(25)28-17)9-10-3-4-12(20)14(22)5-10/h3-8H,9H2,1-2H3/b17-7-. The number of methoxy groups -OCH3 is 2. The molecule has 2 amide bonds. The molecule has 0 aliphatic carbocycles. The van der Waals surface area contributed by atoms with Crippen molar-refractivity contribution in [3.05, 3.63) is 61.4 Å². The van der Waals surface area contributed by atoms with Crippen molar-refractivity contribution in [2.24, 2.45) is 0 Å². The molecular weight excluding hydrogens is 445 g/mol. The van der Waals surface area contributed by atoms with Gasteiger partial charge in [-0.2, -0.15) is 0 Å². The summed E-state index contributed by atoms with van der Waals surface area (Å²) in [7, 11) is 3.00. The van der Waals surface area contributed by atoms with Gasteiger partial charge < -0.3 is 9.47 Å². The van der Waals surface area contributed by atoms with Crippen molar-refractivity contribution in [1.29, 1.82) is 0 Å². The third kappa shape index (κ3) is 4.25. The molecule has 5 nitrogen and oxygen atoms in total. The molecule has 1 aliphatic heterocycles. The van der Waals surface area contributed by atoms with Gasteiger partial charge in [-0.05, 0) is 47.2 Å². The molecule has 3 rings (SSSR count). The third-order valence-electron chi connectivity index (χ3n) is 3.99. The van der Waals surface area contributed by atoms with Crippen LogP contribution in [0.25, 0.3) is 6.08 Å². The van der Waals surface area contributed by atoms with Gasteiger partial charge in [-0.3, -0.25) is 14.5 Å². The molecule has 0 radical (unpaired) electrons. The normalized spacial score (nSPS) is 15.5. The molecule has 1 aliphatic rings. The monoisotopic (exact) mass is 457 g/mol. The maximum atomic E-state index is 12.7. The predicted molar refractivity (Wildman–Crippen MR) is 113 cm³/mol. The summed E-state index contributed by atoms with van der Waals surface area (Å²) in [5.74, 6) is 0.525. The number of nitrogens with zero attached hydrogens (tertiary/aromatic N) is 1. The van der Waals surface area contributed by atoms with Crippen LogP contribution in [0.4, 0.5) is 4.79 Å². The van der Waals surface area contributed by atoms with Gasteiger partial charge in [-0.25, -0.2) is 0 Å². The van der Waals surface area contributed by atoms with Crippen LogP contribution in [0.5, 0.6) is 11.5 Å². The minimum absolute atomic E-state index is 0.0958. The summed E-state index contributed by atoms with van der Waals surface area (Å²) >= 11 is 19.0. The Bertz CT molecular complexity index is 993. The van der Waals surface area contributed by atoms with E-state index in [1.807, 2.05) is 0 Å². The molecule has 1 fully saturated rings. The molecule has 146 valence electrons. The van der Waals surface area contributed by atoms with Crippen molar-refractivity contribution in [3.63, 3.8) is 0 Å². The van der Waals surface area contributed by atoms with E-state index in [-0.39, 0.29) is 16.7 Å². The van der Waals surface area contributed by atoms with Crippen LogP contribution < -0.4 is 9.47 Å².